The summed E-state index contributed by atoms with van der Waals surface area (Å²) >= 11 is 0. The third-order valence-electron chi connectivity index (χ3n) is 7.82. The minimum atomic E-state index is -5.01. The van der Waals surface area contributed by atoms with Gasteiger partial charge in [0.2, 0.25) is 5.95 Å². The minimum absolute atomic E-state index is 0.0534. The van der Waals surface area contributed by atoms with Crippen LogP contribution in [0.2, 0.25) is 0 Å². The molecule has 0 N–H and O–H groups in total. The largest absolute Gasteiger partial charge is 0.447 e. The van der Waals surface area contributed by atoms with Gasteiger partial charge in [0.25, 0.3) is 0 Å². The Hall–Kier alpha value is -3.78. The van der Waals surface area contributed by atoms with E-state index in [1.165, 1.54) is 17.3 Å². The van der Waals surface area contributed by atoms with Crippen LogP contribution < -0.4 is 9.80 Å². The van der Waals surface area contributed by atoms with Crippen molar-refractivity contribution in [3.05, 3.63) is 47.3 Å². The van der Waals surface area contributed by atoms with E-state index >= 15 is 0 Å². The molecule has 2 aromatic rings. The summed E-state index contributed by atoms with van der Waals surface area (Å²) in [6.07, 6.45) is -6.65. The van der Waals surface area contributed by atoms with E-state index in [9.17, 15) is 35.9 Å². The van der Waals surface area contributed by atoms with Crippen LogP contribution in [-0.4, -0.2) is 63.9 Å². The summed E-state index contributed by atoms with van der Waals surface area (Å²) in [6.45, 7) is 9.14. The molecule has 45 heavy (non-hydrogen) atoms. The molecule has 1 aromatic heterocycles. The third kappa shape index (κ3) is 8.09. The number of halogens is 6. The van der Waals surface area contributed by atoms with Crippen molar-refractivity contribution in [3.8, 4) is 0 Å². The van der Waals surface area contributed by atoms with E-state index in [1.54, 1.807) is 30.6 Å². The first kappa shape index (κ1) is 34.1. The van der Waals surface area contributed by atoms with Crippen LogP contribution in [0.4, 0.5) is 47.6 Å². The lowest BCUT2D eigenvalue weighted by Gasteiger charge is -2.48. The molecule has 0 radical (unpaired) electrons. The van der Waals surface area contributed by atoms with Crippen molar-refractivity contribution in [1.82, 2.24) is 14.9 Å². The first-order chi connectivity index (χ1) is 20.9. The van der Waals surface area contributed by atoms with Gasteiger partial charge in [-0.2, -0.15) is 26.3 Å². The van der Waals surface area contributed by atoms with Crippen molar-refractivity contribution >= 4 is 23.8 Å². The number of nitrogens with zero attached hydrogens (tertiary/aromatic N) is 5. The van der Waals surface area contributed by atoms with Gasteiger partial charge in [0.1, 0.15) is 12.2 Å². The topological polar surface area (TPSA) is 88.1 Å². The molecule has 1 aromatic carbocycles. The number of ether oxygens (including phenoxy) is 2. The van der Waals surface area contributed by atoms with Gasteiger partial charge < -0.3 is 19.3 Å². The van der Waals surface area contributed by atoms with Gasteiger partial charge in [0.05, 0.1) is 35.8 Å². The van der Waals surface area contributed by atoms with E-state index in [0.717, 1.165) is 0 Å². The Balaban J connectivity index is 1.75. The van der Waals surface area contributed by atoms with E-state index in [-0.39, 0.29) is 49.4 Å². The maximum atomic E-state index is 13.7. The molecule has 0 saturated carbocycles. The fraction of sp³-hybridized carbons (Fsp3) is 0.600. The van der Waals surface area contributed by atoms with Gasteiger partial charge in [-0.15, -0.1) is 0 Å². The zero-order chi connectivity index (χ0) is 33.3. The Labute approximate surface area is 257 Å². The summed E-state index contributed by atoms with van der Waals surface area (Å²) < 4.78 is 92.9. The van der Waals surface area contributed by atoms with E-state index in [0.29, 0.717) is 43.5 Å². The lowest BCUT2D eigenvalue weighted by Crippen LogP contribution is -2.57. The number of anilines is 2. The van der Waals surface area contributed by atoms with E-state index < -0.39 is 47.3 Å². The molecule has 0 unspecified atom stereocenters. The van der Waals surface area contributed by atoms with Crippen molar-refractivity contribution in [2.75, 3.05) is 23.0 Å². The van der Waals surface area contributed by atoms with Crippen LogP contribution in [0.15, 0.2) is 30.6 Å². The Morgan fingerprint density at radius 1 is 0.956 bits per heavy atom. The summed E-state index contributed by atoms with van der Waals surface area (Å²) in [5, 5.41) is 0. The number of likely N-dealkylation sites (tertiary alicyclic amines) is 1. The van der Waals surface area contributed by atoms with Crippen molar-refractivity contribution in [2.45, 2.75) is 103 Å². The highest BCUT2D eigenvalue weighted by Gasteiger charge is 2.42. The highest BCUT2D eigenvalue weighted by atomic mass is 19.4. The monoisotopic (exact) mass is 645 g/mol. The standard InChI is InChI=1S/C30H37F6N5O4/c1-6-21-13-23(14-22(7-2)41(21)27(43)45-28(3,4)5)40(25-37-15-24(16-38-25)39-8-9-44-26(39)42)17-18-10-19(29(31,32)33)12-20(11-18)30(34,35)36/h10-12,15-16,21-23H,6-9,13-14,17H2,1-5H3/t21-,22+,23+. The molecule has 2 aliphatic heterocycles. The van der Waals surface area contributed by atoms with Crippen LogP contribution in [-0.2, 0) is 28.4 Å². The smallest absolute Gasteiger partial charge is 0.416 e. The van der Waals surface area contributed by atoms with Gasteiger partial charge in [-0.25, -0.2) is 19.6 Å². The number of rotatable bonds is 7. The van der Waals surface area contributed by atoms with Crippen molar-refractivity contribution in [3.63, 3.8) is 0 Å². The fourth-order valence-corrected chi connectivity index (χ4v) is 5.74. The number of carbonyl (C=O) groups is 2. The summed E-state index contributed by atoms with van der Waals surface area (Å²) in [5.41, 5.74) is -3.49. The number of aromatic nitrogens is 2. The average Bonchev–Trinajstić information content (AvgIpc) is 3.38. The number of cyclic esters (lactones) is 1. The summed E-state index contributed by atoms with van der Waals surface area (Å²) in [6, 6.07) is 0.343. The average molecular weight is 646 g/mol. The van der Waals surface area contributed by atoms with Crippen molar-refractivity contribution in [2.24, 2.45) is 0 Å². The molecule has 0 spiro atoms. The zero-order valence-corrected chi connectivity index (χ0v) is 25.7. The summed E-state index contributed by atoms with van der Waals surface area (Å²) in [5.74, 6) is 0.0534. The van der Waals surface area contributed by atoms with Crippen LogP contribution in [0.1, 0.15) is 77.0 Å². The lowest BCUT2D eigenvalue weighted by molar-refractivity contribution is -0.143. The molecular weight excluding hydrogens is 608 g/mol. The molecule has 0 bridgehead atoms. The highest BCUT2D eigenvalue weighted by Crippen LogP contribution is 2.38. The number of hydrogen-bond acceptors (Lipinski definition) is 7. The van der Waals surface area contributed by atoms with E-state index in [2.05, 4.69) is 9.97 Å². The Kier molecular flexibility index (Phi) is 9.78. The highest BCUT2D eigenvalue weighted by molar-refractivity contribution is 5.88. The molecule has 2 saturated heterocycles. The summed E-state index contributed by atoms with van der Waals surface area (Å²) in [4.78, 5) is 38.7. The molecule has 3 heterocycles. The Morgan fingerprint density at radius 2 is 1.49 bits per heavy atom. The number of carbonyl (C=O) groups excluding carboxylic acids is 2. The molecule has 4 rings (SSSR count). The van der Waals surface area contributed by atoms with Crippen LogP contribution in [0, 0.1) is 0 Å². The zero-order valence-electron chi connectivity index (χ0n) is 25.7. The molecule has 2 amide bonds. The second-order valence-corrected chi connectivity index (χ2v) is 12.2. The van der Waals surface area contributed by atoms with E-state index in [1.807, 2.05) is 13.8 Å². The molecule has 2 fully saturated rings. The van der Waals surface area contributed by atoms with Gasteiger partial charge in [-0.3, -0.25) is 4.90 Å². The normalized spacial score (nSPS) is 21.1. The van der Waals surface area contributed by atoms with Crippen LogP contribution in [0.3, 0.4) is 0 Å². The van der Waals surface area contributed by atoms with Crippen LogP contribution >= 0.6 is 0 Å². The van der Waals surface area contributed by atoms with E-state index in [4.69, 9.17) is 9.47 Å². The third-order valence-corrected chi connectivity index (χ3v) is 7.82. The predicted molar refractivity (Wildman–Crippen MR) is 153 cm³/mol. The van der Waals surface area contributed by atoms with Gasteiger partial charge in [-0.1, -0.05) is 13.8 Å². The molecule has 15 heteroatoms. The summed E-state index contributed by atoms with van der Waals surface area (Å²) in [7, 11) is 0. The molecular formula is C30H37F6N5O4. The number of amides is 2. The Bertz CT molecular complexity index is 1320. The minimum Gasteiger partial charge on any atom is -0.447 e. The number of alkyl halides is 6. The fourth-order valence-electron chi connectivity index (χ4n) is 5.74. The maximum absolute atomic E-state index is 13.7. The second-order valence-electron chi connectivity index (χ2n) is 12.2. The predicted octanol–water partition coefficient (Wildman–Crippen LogP) is 7.43. The van der Waals surface area contributed by atoms with Gasteiger partial charge in [0, 0.05) is 24.7 Å². The first-order valence-corrected chi connectivity index (χ1v) is 14.7. The SMILES string of the molecule is CC[C@@H]1C[C@H](N(Cc2cc(C(F)(F)F)cc(C(F)(F)F)c2)c2ncc(N3CCOC3=O)cn2)C[C@H](CC)N1C(=O)OC(C)(C)C. The molecule has 9 nitrogen and oxygen atoms in total. The number of hydrogen-bond donors (Lipinski definition) is 0. The van der Waals surface area contributed by atoms with Gasteiger partial charge >= 0.3 is 24.5 Å². The second kappa shape index (κ2) is 12.9. The van der Waals surface area contributed by atoms with Crippen molar-refractivity contribution < 1.29 is 45.4 Å². The number of piperidine rings is 1. The lowest BCUT2D eigenvalue weighted by atomic mass is 9.87. The molecule has 3 atom stereocenters. The van der Waals surface area contributed by atoms with Crippen LogP contribution in [0.5, 0.6) is 0 Å². The number of benzene rings is 1. The van der Waals surface area contributed by atoms with Crippen LogP contribution in [0.25, 0.3) is 0 Å². The molecule has 0 aliphatic carbocycles. The Morgan fingerprint density at radius 3 is 1.91 bits per heavy atom. The van der Waals surface area contributed by atoms with Gasteiger partial charge in [-0.05, 0) is 70.2 Å². The maximum Gasteiger partial charge on any atom is 0.416 e. The molecule has 248 valence electrons. The first-order valence-electron chi connectivity index (χ1n) is 14.7. The van der Waals surface area contributed by atoms with Gasteiger partial charge in [0.15, 0.2) is 0 Å². The quantitative estimate of drug-likeness (QED) is 0.290. The molecule has 2 aliphatic rings. The van der Waals surface area contributed by atoms with Crippen molar-refractivity contribution in [1.29, 1.82) is 0 Å².